The van der Waals surface area contributed by atoms with Crippen LogP contribution in [0.2, 0.25) is 0 Å². The lowest BCUT2D eigenvalue weighted by Gasteiger charge is -2.33. The summed E-state index contributed by atoms with van der Waals surface area (Å²) in [6.45, 7) is 2.67. The number of anilines is 1. The zero-order chi connectivity index (χ0) is 26.3. The molecule has 0 bridgehead atoms. The molecular weight excluding hydrogens is 494 g/mol. The van der Waals surface area contributed by atoms with Crippen LogP contribution >= 0.6 is 11.8 Å². The predicted molar refractivity (Wildman–Crippen MR) is 155 cm³/mol. The number of amides is 1. The standard InChI is InChI=1S/C30H37N5O2S/c1-38-27-9-7-23-17-24(30(33-28(23)18-27)34-15-12-26(36)13-16-34)20-35(14-11-22-5-3-2-4-6-22)29(37)10-8-25-19-31-21-32-25/h5,7-10,17-19,21,26,36H,2-4,6,11-16,20H2,1H3,(H,31,32)/b10-8+. The van der Waals surface area contributed by atoms with Gasteiger partial charge in [0.05, 0.1) is 29.8 Å². The van der Waals surface area contributed by atoms with Crippen molar-refractivity contribution >= 4 is 40.5 Å². The summed E-state index contributed by atoms with van der Waals surface area (Å²) in [5.74, 6) is 0.906. The Labute approximate surface area is 229 Å². The maximum absolute atomic E-state index is 13.5. The van der Waals surface area contributed by atoms with Gasteiger partial charge in [-0.05, 0) is 75.5 Å². The van der Waals surface area contributed by atoms with Crippen LogP contribution in [0.4, 0.5) is 5.82 Å². The highest BCUT2D eigenvalue weighted by molar-refractivity contribution is 7.98. The van der Waals surface area contributed by atoms with Gasteiger partial charge in [-0.2, -0.15) is 0 Å². The lowest BCUT2D eigenvalue weighted by molar-refractivity contribution is -0.126. The number of allylic oxidation sites excluding steroid dienone is 1. The first-order valence-corrected chi connectivity index (χ1v) is 14.9. The number of nitrogens with zero attached hydrogens (tertiary/aromatic N) is 4. The van der Waals surface area contributed by atoms with Crippen LogP contribution in [0.5, 0.6) is 0 Å². The Balaban J connectivity index is 1.46. The smallest absolute Gasteiger partial charge is 0.246 e. The van der Waals surface area contributed by atoms with E-state index in [-0.39, 0.29) is 12.0 Å². The molecule has 38 heavy (non-hydrogen) atoms. The molecule has 0 atom stereocenters. The summed E-state index contributed by atoms with van der Waals surface area (Å²) in [5.41, 5.74) is 4.27. The number of thioether (sulfide) groups is 1. The van der Waals surface area contributed by atoms with E-state index < -0.39 is 0 Å². The number of pyridine rings is 1. The first kappa shape index (κ1) is 26.5. The van der Waals surface area contributed by atoms with E-state index in [1.54, 1.807) is 36.4 Å². The summed E-state index contributed by atoms with van der Waals surface area (Å²) in [4.78, 5) is 31.1. The number of fused-ring (bicyclic) bond motifs is 1. The summed E-state index contributed by atoms with van der Waals surface area (Å²) in [5, 5.41) is 11.2. The zero-order valence-electron chi connectivity index (χ0n) is 22.1. The fourth-order valence-electron chi connectivity index (χ4n) is 5.28. The molecule has 2 aliphatic rings. The number of H-pyrrole nitrogens is 1. The van der Waals surface area contributed by atoms with Crippen molar-refractivity contribution in [1.29, 1.82) is 0 Å². The molecule has 2 N–H and O–H groups in total. The van der Waals surface area contributed by atoms with Gasteiger partial charge < -0.3 is 19.9 Å². The molecule has 1 fully saturated rings. The quantitative estimate of drug-likeness (QED) is 0.213. The molecule has 8 heteroatoms. The lowest BCUT2D eigenvalue weighted by atomic mass is 9.97. The Hall–Kier alpha value is -3.10. The SMILES string of the molecule is CSc1ccc2cc(CN(CCC3=CCCCC3)C(=O)/C=C/c3cnc[nH]3)c(N3CCC(O)CC3)nc2c1. The maximum Gasteiger partial charge on any atom is 0.246 e. The van der Waals surface area contributed by atoms with Crippen LogP contribution in [0.15, 0.2) is 59.4 Å². The van der Waals surface area contributed by atoms with E-state index in [1.165, 1.54) is 23.3 Å². The molecule has 5 rings (SSSR count). The van der Waals surface area contributed by atoms with Crippen LogP contribution in [-0.2, 0) is 11.3 Å². The van der Waals surface area contributed by atoms with Crippen LogP contribution < -0.4 is 4.90 Å². The minimum Gasteiger partial charge on any atom is -0.393 e. The van der Waals surface area contributed by atoms with Crippen molar-refractivity contribution in [2.24, 2.45) is 0 Å². The van der Waals surface area contributed by atoms with Gasteiger partial charge in [-0.3, -0.25) is 4.79 Å². The van der Waals surface area contributed by atoms with Gasteiger partial charge in [0.25, 0.3) is 0 Å². The third-order valence-corrected chi connectivity index (χ3v) is 8.26. The third kappa shape index (κ3) is 6.66. The number of aliphatic hydroxyl groups excluding tert-OH is 1. The second-order valence-electron chi connectivity index (χ2n) is 10.2. The van der Waals surface area contributed by atoms with E-state index in [4.69, 9.17) is 4.98 Å². The number of imidazole rings is 1. The summed E-state index contributed by atoms with van der Waals surface area (Å²) >= 11 is 1.71. The molecule has 3 heterocycles. The van der Waals surface area contributed by atoms with Gasteiger partial charge in [0.2, 0.25) is 5.91 Å². The molecule has 2 aromatic heterocycles. The molecule has 3 aromatic rings. The topological polar surface area (TPSA) is 85.4 Å². The van der Waals surface area contributed by atoms with Crippen LogP contribution in [0.1, 0.15) is 56.2 Å². The van der Waals surface area contributed by atoms with E-state index in [9.17, 15) is 9.90 Å². The number of nitrogens with one attached hydrogen (secondary N) is 1. The van der Waals surface area contributed by atoms with E-state index in [0.29, 0.717) is 13.1 Å². The highest BCUT2D eigenvalue weighted by atomic mass is 32.2. The summed E-state index contributed by atoms with van der Waals surface area (Å²) < 4.78 is 0. The largest absolute Gasteiger partial charge is 0.393 e. The number of hydrogen-bond donors (Lipinski definition) is 2. The van der Waals surface area contributed by atoms with E-state index >= 15 is 0 Å². The van der Waals surface area contributed by atoms with Crippen molar-refractivity contribution in [2.45, 2.75) is 62.5 Å². The average molecular weight is 532 g/mol. The summed E-state index contributed by atoms with van der Waals surface area (Å²) in [7, 11) is 0. The van der Waals surface area contributed by atoms with Crippen molar-refractivity contribution in [2.75, 3.05) is 30.8 Å². The molecule has 1 saturated heterocycles. The average Bonchev–Trinajstić information content (AvgIpc) is 3.48. The highest BCUT2D eigenvalue weighted by Gasteiger charge is 2.23. The number of rotatable bonds is 9. The van der Waals surface area contributed by atoms with Gasteiger partial charge in [0.15, 0.2) is 0 Å². The second kappa shape index (κ2) is 12.6. The number of carbonyl (C=O) groups is 1. The van der Waals surface area contributed by atoms with Crippen molar-refractivity contribution < 1.29 is 9.90 Å². The minimum absolute atomic E-state index is 0.0196. The molecule has 200 valence electrons. The van der Waals surface area contributed by atoms with Crippen LogP contribution in [0.3, 0.4) is 0 Å². The molecule has 1 aliphatic carbocycles. The molecular formula is C30H37N5O2S. The molecule has 1 aliphatic heterocycles. The highest BCUT2D eigenvalue weighted by Crippen LogP contribution is 2.30. The predicted octanol–water partition coefficient (Wildman–Crippen LogP) is 5.57. The number of piperidine rings is 1. The van der Waals surface area contributed by atoms with Gasteiger partial charge >= 0.3 is 0 Å². The molecule has 1 amide bonds. The third-order valence-electron chi connectivity index (χ3n) is 7.53. The Morgan fingerprint density at radius 1 is 1.26 bits per heavy atom. The Bertz CT molecular complexity index is 1300. The van der Waals surface area contributed by atoms with Crippen LogP contribution in [0.25, 0.3) is 17.0 Å². The number of aromatic amines is 1. The molecule has 0 saturated carbocycles. The van der Waals surface area contributed by atoms with E-state index in [2.05, 4.69) is 51.5 Å². The fraction of sp³-hybridized carbons (Fsp3) is 0.433. The summed E-state index contributed by atoms with van der Waals surface area (Å²) in [6.07, 6.45) is 18.0. The maximum atomic E-state index is 13.5. The van der Waals surface area contributed by atoms with Crippen LogP contribution in [-0.4, -0.2) is 62.9 Å². The molecule has 0 spiro atoms. The van der Waals surface area contributed by atoms with Crippen molar-refractivity contribution in [1.82, 2.24) is 19.9 Å². The minimum atomic E-state index is -0.257. The van der Waals surface area contributed by atoms with Gasteiger partial charge in [0.1, 0.15) is 5.82 Å². The molecule has 1 aromatic carbocycles. The Morgan fingerprint density at radius 3 is 2.87 bits per heavy atom. The molecule has 0 unspecified atom stereocenters. The van der Waals surface area contributed by atoms with Crippen molar-refractivity contribution in [3.05, 3.63) is 65.8 Å². The van der Waals surface area contributed by atoms with Gasteiger partial charge in [-0.1, -0.05) is 17.7 Å². The first-order valence-electron chi connectivity index (χ1n) is 13.6. The zero-order valence-corrected chi connectivity index (χ0v) is 22.9. The number of aliphatic hydroxyl groups is 1. The lowest BCUT2D eigenvalue weighted by Crippen LogP contribution is -2.38. The number of benzene rings is 1. The second-order valence-corrected chi connectivity index (χ2v) is 11.1. The number of aromatic nitrogens is 3. The number of carbonyl (C=O) groups excluding carboxylic acids is 1. The van der Waals surface area contributed by atoms with Crippen molar-refractivity contribution in [3.63, 3.8) is 0 Å². The number of hydrogen-bond acceptors (Lipinski definition) is 6. The van der Waals surface area contributed by atoms with E-state index in [1.807, 2.05) is 4.90 Å². The monoisotopic (exact) mass is 531 g/mol. The first-order chi connectivity index (χ1) is 18.6. The van der Waals surface area contributed by atoms with Crippen LogP contribution in [0, 0.1) is 0 Å². The van der Waals surface area contributed by atoms with Gasteiger partial charge in [0, 0.05) is 48.1 Å². The van der Waals surface area contributed by atoms with Gasteiger partial charge in [-0.25, -0.2) is 9.97 Å². The summed E-state index contributed by atoms with van der Waals surface area (Å²) in [6, 6.07) is 8.59. The van der Waals surface area contributed by atoms with Gasteiger partial charge in [-0.15, -0.1) is 11.8 Å². The fourth-order valence-corrected chi connectivity index (χ4v) is 5.72. The normalized spacial score (nSPS) is 16.8. The Kier molecular flexibility index (Phi) is 8.81. The molecule has 7 nitrogen and oxygen atoms in total. The van der Waals surface area contributed by atoms with Crippen molar-refractivity contribution in [3.8, 4) is 0 Å². The van der Waals surface area contributed by atoms with E-state index in [0.717, 1.165) is 73.2 Å². The Morgan fingerprint density at radius 2 is 2.13 bits per heavy atom. The molecule has 0 radical (unpaired) electrons.